The Kier molecular flexibility index (Phi) is 5.07. The van der Waals surface area contributed by atoms with Gasteiger partial charge in [0.1, 0.15) is 0 Å². The summed E-state index contributed by atoms with van der Waals surface area (Å²) in [4.78, 5) is 16.3. The van der Waals surface area contributed by atoms with Gasteiger partial charge in [-0.1, -0.05) is 6.42 Å². The highest BCUT2D eigenvalue weighted by atomic mass is 32.2. The summed E-state index contributed by atoms with van der Waals surface area (Å²) in [5, 5.41) is 6.84. The van der Waals surface area contributed by atoms with E-state index in [0.717, 1.165) is 18.5 Å². The molecule has 104 valence electrons. The van der Waals surface area contributed by atoms with Gasteiger partial charge >= 0.3 is 0 Å². The molecule has 1 aromatic heterocycles. The van der Waals surface area contributed by atoms with Gasteiger partial charge in [0, 0.05) is 24.5 Å². The molecule has 4 nitrogen and oxygen atoms in total. The van der Waals surface area contributed by atoms with Gasteiger partial charge in [-0.15, -0.1) is 0 Å². The zero-order valence-electron chi connectivity index (χ0n) is 11.5. The lowest BCUT2D eigenvalue weighted by atomic mass is 9.94. The van der Waals surface area contributed by atoms with Crippen molar-refractivity contribution >= 4 is 23.4 Å². The summed E-state index contributed by atoms with van der Waals surface area (Å²) in [6, 6.07) is 2.06. The van der Waals surface area contributed by atoms with Crippen LogP contribution in [-0.4, -0.2) is 35.5 Å². The third kappa shape index (κ3) is 3.62. The standard InChI is InChI=1S/C14H21N3OS/c1-15-13-9-16-7-6-12(13)14(18)17-10-4-3-5-11(8-10)19-2/h6-7,9-11,15H,3-5,8H2,1-2H3,(H,17,18). The van der Waals surface area contributed by atoms with Gasteiger partial charge in [-0.3, -0.25) is 9.78 Å². The number of carbonyl (C=O) groups is 1. The van der Waals surface area contributed by atoms with Crippen LogP contribution in [0.2, 0.25) is 0 Å². The maximum absolute atomic E-state index is 12.3. The fraction of sp³-hybridized carbons (Fsp3) is 0.571. The van der Waals surface area contributed by atoms with Crippen molar-refractivity contribution in [2.24, 2.45) is 0 Å². The first kappa shape index (κ1) is 14.2. The maximum atomic E-state index is 12.3. The Bertz CT molecular complexity index is 438. The van der Waals surface area contributed by atoms with Crippen molar-refractivity contribution in [3.8, 4) is 0 Å². The number of hydrogen-bond acceptors (Lipinski definition) is 4. The van der Waals surface area contributed by atoms with Crippen LogP contribution >= 0.6 is 11.8 Å². The van der Waals surface area contributed by atoms with E-state index in [4.69, 9.17) is 0 Å². The lowest BCUT2D eigenvalue weighted by Crippen LogP contribution is -2.39. The summed E-state index contributed by atoms with van der Waals surface area (Å²) in [6.07, 6.45) is 10.1. The van der Waals surface area contributed by atoms with E-state index in [1.54, 1.807) is 25.5 Å². The second-order valence-electron chi connectivity index (χ2n) is 4.87. The van der Waals surface area contributed by atoms with E-state index < -0.39 is 0 Å². The highest BCUT2D eigenvalue weighted by molar-refractivity contribution is 7.99. The molecule has 19 heavy (non-hydrogen) atoms. The number of amides is 1. The number of aromatic nitrogens is 1. The molecule has 2 rings (SSSR count). The van der Waals surface area contributed by atoms with Gasteiger partial charge < -0.3 is 10.6 Å². The third-order valence-corrected chi connectivity index (χ3v) is 4.72. The molecule has 0 aromatic carbocycles. The summed E-state index contributed by atoms with van der Waals surface area (Å²) in [7, 11) is 1.80. The molecular weight excluding hydrogens is 258 g/mol. The molecule has 1 amide bonds. The van der Waals surface area contributed by atoms with Crippen LogP contribution < -0.4 is 10.6 Å². The molecule has 1 aliphatic carbocycles. The van der Waals surface area contributed by atoms with Crippen molar-refractivity contribution in [2.45, 2.75) is 37.0 Å². The molecule has 2 unspecified atom stereocenters. The van der Waals surface area contributed by atoms with Crippen molar-refractivity contribution < 1.29 is 4.79 Å². The second kappa shape index (κ2) is 6.80. The van der Waals surface area contributed by atoms with Gasteiger partial charge in [-0.2, -0.15) is 11.8 Å². The number of nitrogens with one attached hydrogen (secondary N) is 2. The number of rotatable bonds is 4. The van der Waals surface area contributed by atoms with E-state index in [1.165, 1.54) is 12.8 Å². The van der Waals surface area contributed by atoms with Gasteiger partial charge in [0.25, 0.3) is 5.91 Å². The Hall–Kier alpha value is -1.23. The summed E-state index contributed by atoms with van der Waals surface area (Å²) < 4.78 is 0. The molecule has 0 aliphatic heterocycles. The van der Waals surface area contributed by atoms with E-state index in [1.807, 2.05) is 11.8 Å². The lowest BCUT2D eigenvalue weighted by Gasteiger charge is -2.28. The predicted molar refractivity (Wildman–Crippen MR) is 80.8 cm³/mol. The van der Waals surface area contributed by atoms with Crippen LogP contribution in [0.15, 0.2) is 18.5 Å². The molecular formula is C14H21N3OS. The van der Waals surface area contributed by atoms with Crippen LogP contribution in [0, 0.1) is 0 Å². The number of thioether (sulfide) groups is 1. The second-order valence-corrected chi connectivity index (χ2v) is 6.00. The average Bonchev–Trinajstić information content (AvgIpc) is 2.47. The van der Waals surface area contributed by atoms with Crippen molar-refractivity contribution in [3.05, 3.63) is 24.0 Å². The zero-order valence-corrected chi connectivity index (χ0v) is 12.3. The predicted octanol–water partition coefficient (Wildman–Crippen LogP) is 2.53. The van der Waals surface area contributed by atoms with Gasteiger partial charge in [0.2, 0.25) is 0 Å². The van der Waals surface area contributed by atoms with Crippen LogP contribution in [0.3, 0.4) is 0 Å². The Labute approximate surface area is 118 Å². The minimum atomic E-state index is -0.00139. The van der Waals surface area contributed by atoms with E-state index in [0.29, 0.717) is 16.9 Å². The number of carbonyl (C=O) groups excluding carboxylic acids is 1. The molecule has 2 N–H and O–H groups in total. The average molecular weight is 279 g/mol. The number of pyridine rings is 1. The van der Waals surface area contributed by atoms with Crippen LogP contribution in [0.1, 0.15) is 36.0 Å². The van der Waals surface area contributed by atoms with Crippen molar-refractivity contribution in [3.63, 3.8) is 0 Å². The fourth-order valence-electron chi connectivity index (χ4n) is 2.54. The first-order valence-electron chi connectivity index (χ1n) is 6.70. The molecule has 0 bridgehead atoms. The highest BCUT2D eigenvalue weighted by Crippen LogP contribution is 2.27. The van der Waals surface area contributed by atoms with Crippen molar-refractivity contribution in [2.75, 3.05) is 18.6 Å². The molecule has 0 saturated heterocycles. The summed E-state index contributed by atoms with van der Waals surface area (Å²) >= 11 is 1.91. The number of nitrogens with zero attached hydrogens (tertiary/aromatic N) is 1. The first-order chi connectivity index (χ1) is 9.24. The topological polar surface area (TPSA) is 54.0 Å². The van der Waals surface area contributed by atoms with Crippen molar-refractivity contribution in [1.82, 2.24) is 10.3 Å². The SMILES string of the molecule is CNc1cnccc1C(=O)NC1CCCC(SC)C1. The molecule has 2 atom stereocenters. The van der Waals surface area contributed by atoms with E-state index >= 15 is 0 Å². The molecule has 1 aliphatic rings. The number of anilines is 1. The zero-order chi connectivity index (χ0) is 13.7. The Morgan fingerprint density at radius 3 is 3.05 bits per heavy atom. The normalized spacial score (nSPS) is 22.8. The summed E-state index contributed by atoms with van der Waals surface area (Å²) in [5.41, 5.74) is 1.45. The molecule has 1 saturated carbocycles. The Morgan fingerprint density at radius 2 is 2.32 bits per heavy atom. The smallest absolute Gasteiger partial charge is 0.253 e. The Morgan fingerprint density at radius 1 is 1.47 bits per heavy atom. The maximum Gasteiger partial charge on any atom is 0.253 e. The largest absolute Gasteiger partial charge is 0.386 e. The van der Waals surface area contributed by atoms with Crippen molar-refractivity contribution in [1.29, 1.82) is 0 Å². The molecule has 1 aromatic rings. The quantitative estimate of drug-likeness (QED) is 0.889. The van der Waals surface area contributed by atoms with Crippen LogP contribution in [0.5, 0.6) is 0 Å². The first-order valence-corrected chi connectivity index (χ1v) is 7.98. The third-order valence-electron chi connectivity index (χ3n) is 3.63. The number of hydrogen-bond donors (Lipinski definition) is 2. The minimum absolute atomic E-state index is 0.00139. The van der Waals surface area contributed by atoms with E-state index in [9.17, 15) is 4.79 Å². The molecule has 1 heterocycles. The minimum Gasteiger partial charge on any atom is -0.386 e. The van der Waals surface area contributed by atoms with Gasteiger partial charge in [-0.25, -0.2) is 0 Å². The highest BCUT2D eigenvalue weighted by Gasteiger charge is 2.23. The molecule has 1 fully saturated rings. The van der Waals surface area contributed by atoms with Crippen LogP contribution in [0.25, 0.3) is 0 Å². The Balaban J connectivity index is 2.00. The lowest BCUT2D eigenvalue weighted by molar-refractivity contribution is 0.0929. The van der Waals surface area contributed by atoms with Gasteiger partial charge in [0.15, 0.2) is 0 Å². The molecule has 0 spiro atoms. The molecule has 0 radical (unpaired) electrons. The monoisotopic (exact) mass is 279 g/mol. The summed E-state index contributed by atoms with van der Waals surface area (Å²) in [5.74, 6) is -0.00139. The van der Waals surface area contributed by atoms with E-state index in [2.05, 4.69) is 21.9 Å². The van der Waals surface area contributed by atoms with E-state index in [-0.39, 0.29) is 5.91 Å². The summed E-state index contributed by atoms with van der Waals surface area (Å²) in [6.45, 7) is 0. The fourth-order valence-corrected chi connectivity index (χ4v) is 3.37. The van der Waals surface area contributed by atoms with Crippen LogP contribution in [-0.2, 0) is 0 Å². The van der Waals surface area contributed by atoms with Gasteiger partial charge in [-0.05, 0) is 31.6 Å². The van der Waals surface area contributed by atoms with Crippen LogP contribution in [0.4, 0.5) is 5.69 Å². The van der Waals surface area contributed by atoms with Gasteiger partial charge in [0.05, 0.1) is 17.4 Å². The molecule has 5 heteroatoms.